The van der Waals surface area contributed by atoms with Crippen LogP contribution in [0, 0.1) is 35.7 Å². The molecule has 0 atom stereocenters. The summed E-state index contributed by atoms with van der Waals surface area (Å²) in [4.78, 5) is 16.3. The molecule has 4 nitrogen and oxygen atoms in total. The number of hydrogen-bond donors (Lipinski definition) is 1. The third-order valence-electron chi connectivity index (χ3n) is 3.23. The van der Waals surface area contributed by atoms with E-state index in [0.717, 1.165) is 11.3 Å². The Bertz CT molecular complexity index is 775. The molecule has 2 rings (SSSR count). The van der Waals surface area contributed by atoms with Gasteiger partial charge in [0.2, 0.25) is 5.91 Å². The first-order chi connectivity index (χ1) is 11.4. The number of rotatable bonds is 6. The Labute approximate surface area is 141 Å². The van der Waals surface area contributed by atoms with E-state index < -0.39 is 23.0 Å². The monoisotopic (exact) mass is 353 g/mol. The van der Waals surface area contributed by atoms with Gasteiger partial charge in [-0.2, -0.15) is 5.26 Å². The number of nitrogens with one attached hydrogen (secondary N) is 1. The predicted molar refractivity (Wildman–Crippen MR) is 84.9 cm³/mol. The van der Waals surface area contributed by atoms with Gasteiger partial charge in [0.25, 0.3) is 0 Å². The van der Waals surface area contributed by atoms with Crippen molar-refractivity contribution in [2.24, 2.45) is 0 Å². The largest absolute Gasteiger partial charge is 0.302 e. The summed E-state index contributed by atoms with van der Waals surface area (Å²) in [6.07, 6.45) is 1.81. The van der Waals surface area contributed by atoms with Crippen LogP contribution in [0.15, 0.2) is 12.1 Å². The van der Waals surface area contributed by atoms with Crippen LogP contribution in [0.3, 0.4) is 0 Å². The van der Waals surface area contributed by atoms with Crippen LogP contribution in [0.2, 0.25) is 0 Å². The van der Waals surface area contributed by atoms with Crippen molar-refractivity contribution in [3.63, 3.8) is 0 Å². The van der Waals surface area contributed by atoms with Gasteiger partial charge in [0.05, 0.1) is 17.3 Å². The van der Waals surface area contributed by atoms with Gasteiger partial charge in [-0.25, -0.2) is 18.2 Å². The Morgan fingerprint density at radius 2 is 1.96 bits per heavy atom. The van der Waals surface area contributed by atoms with E-state index in [0.29, 0.717) is 36.3 Å². The second-order valence-electron chi connectivity index (χ2n) is 5.08. The second-order valence-corrected chi connectivity index (χ2v) is 6.28. The molecule has 0 aliphatic rings. The number of amides is 1. The molecule has 0 saturated heterocycles. The fourth-order valence-electron chi connectivity index (χ4n) is 2.12. The van der Waals surface area contributed by atoms with Gasteiger partial charge < -0.3 is 5.32 Å². The summed E-state index contributed by atoms with van der Waals surface area (Å²) in [5.41, 5.74) is -0.380. The van der Waals surface area contributed by atoms with Crippen molar-refractivity contribution in [1.29, 1.82) is 5.26 Å². The molecule has 1 N–H and O–H groups in total. The summed E-state index contributed by atoms with van der Waals surface area (Å²) in [5, 5.41) is 11.2. The zero-order valence-electron chi connectivity index (χ0n) is 12.8. The quantitative estimate of drug-likeness (QED) is 0.774. The molecule has 24 heavy (non-hydrogen) atoms. The van der Waals surface area contributed by atoms with E-state index in [1.54, 1.807) is 6.92 Å². The lowest BCUT2D eigenvalue weighted by Crippen LogP contribution is -2.10. The molecule has 0 aliphatic heterocycles. The van der Waals surface area contributed by atoms with Crippen LogP contribution in [0.25, 0.3) is 11.3 Å². The number of thiazole rings is 1. The summed E-state index contributed by atoms with van der Waals surface area (Å²) >= 11 is 1.08. The highest BCUT2D eigenvalue weighted by Gasteiger charge is 2.20. The fraction of sp³-hybridized carbons (Fsp3) is 0.312. The van der Waals surface area contributed by atoms with Crippen molar-refractivity contribution in [1.82, 2.24) is 4.98 Å². The number of aryl methyl sites for hydroxylation is 1. The van der Waals surface area contributed by atoms with E-state index in [9.17, 15) is 18.0 Å². The number of carbonyl (C=O) groups excluding carboxylic acids is 1. The molecule has 8 heteroatoms. The minimum Gasteiger partial charge on any atom is -0.302 e. The van der Waals surface area contributed by atoms with Gasteiger partial charge in [0.1, 0.15) is 17.5 Å². The topological polar surface area (TPSA) is 65.8 Å². The molecule has 0 unspecified atom stereocenters. The third-order valence-corrected chi connectivity index (χ3v) is 4.12. The molecule has 1 amide bonds. The fourth-order valence-corrected chi connectivity index (χ4v) is 2.96. The lowest BCUT2D eigenvalue weighted by Gasteiger charge is -2.03. The Morgan fingerprint density at radius 1 is 1.29 bits per heavy atom. The lowest BCUT2D eigenvalue weighted by molar-refractivity contribution is -0.116. The molecule has 126 valence electrons. The maximum atomic E-state index is 13.9. The first-order valence-corrected chi connectivity index (χ1v) is 8.03. The molecule has 0 fully saturated rings. The Balaban J connectivity index is 2.14. The zero-order chi connectivity index (χ0) is 17.7. The van der Waals surface area contributed by atoms with Gasteiger partial charge in [0.15, 0.2) is 5.13 Å². The van der Waals surface area contributed by atoms with Gasteiger partial charge in [0, 0.05) is 29.9 Å². The number of carbonyl (C=O) groups is 1. The minimum absolute atomic E-state index is 0.0368. The Kier molecular flexibility index (Phi) is 5.93. The molecule has 0 radical (unpaired) electrons. The number of nitriles is 1. The minimum atomic E-state index is -1.05. The van der Waals surface area contributed by atoms with Crippen LogP contribution in [0.1, 0.15) is 30.6 Å². The van der Waals surface area contributed by atoms with Gasteiger partial charge in [-0.3, -0.25) is 4.79 Å². The van der Waals surface area contributed by atoms with Crippen molar-refractivity contribution in [2.75, 3.05) is 5.32 Å². The standard InChI is InChI=1S/C16H14F3N3OS/c1-9-15(14-11(18)7-10(17)8-12(14)19)22-16(24-9)21-13(23)5-3-2-4-6-20/h7-8H,2-5H2,1H3,(H,21,22,23). The van der Waals surface area contributed by atoms with E-state index in [4.69, 9.17) is 5.26 Å². The maximum Gasteiger partial charge on any atom is 0.226 e. The Hall–Kier alpha value is -2.40. The maximum absolute atomic E-state index is 13.9. The number of hydrogen-bond acceptors (Lipinski definition) is 4. The molecule has 1 aromatic heterocycles. The molecule has 1 heterocycles. The number of nitrogens with zero attached hydrogens (tertiary/aromatic N) is 2. The highest BCUT2D eigenvalue weighted by molar-refractivity contribution is 7.16. The third kappa shape index (κ3) is 4.32. The molecule has 2 aromatic rings. The molecule has 0 spiro atoms. The van der Waals surface area contributed by atoms with Crippen molar-refractivity contribution in [2.45, 2.75) is 32.6 Å². The number of aromatic nitrogens is 1. The predicted octanol–water partition coefficient (Wildman–Crippen LogP) is 4.56. The number of unbranched alkanes of at least 4 members (excludes halogenated alkanes) is 2. The summed E-state index contributed by atoms with van der Waals surface area (Å²) in [7, 11) is 0. The smallest absolute Gasteiger partial charge is 0.226 e. The average molecular weight is 353 g/mol. The van der Waals surface area contributed by atoms with Crippen molar-refractivity contribution in [3.8, 4) is 17.3 Å². The van der Waals surface area contributed by atoms with Gasteiger partial charge >= 0.3 is 0 Å². The molecule has 0 aliphatic carbocycles. The van der Waals surface area contributed by atoms with E-state index in [-0.39, 0.29) is 23.2 Å². The summed E-state index contributed by atoms with van der Waals surface area (Å²) in [5.74, 6) is -3.38. The lowest BCUT2D eigenvalue weighted by atomic mass is 10.1. The van der Waals surface area contributed by atoms with E-state index in [2.05, 4.69) is 10.3 Å². The highest BCUT2D eigenvalue weighted by atomic mass is 32.1. The van der Waals surface area contributed by atoms with E-state index >= 15 is 0 Å². The normalized spacial score (nSPS) is 10.5. The van der Waals surface area contributed by atoms with E-state index in [1.165, 1.54) is 0 Å². The summed E-state index contributed by atoms with van der Waals surface area (Å²) in [6.45, 7) is 1.61. The summed E-state index contributed by atoms with van der Waals surface area (Å²) in [6, 6.07) is 3.17. The van der Waals surface area contributed by atoms with Crippen molar-refractivity contribution < 1.29 is 18.0 Å². The molecule has 0 saturated carbocycles. The first kappa shape index (κ1) is 17.9. The van der Waals surface area contributed by atoms with Crippen LogP contribution < -0.4 is 5.32 Å². The van der Waals surface area contributed by atoms with Crippen LogP contribution in [-0.4, -0.2) is 10.9 Å². The number of halogens is 3. The van der Waals surface area contributed by atoms with Gasteiger partial charge in [-0.15, -0.1) is 11.3 Å². The van der Waals surface area contributed by atoms with Gasteiger partial charge in [-0.1, -0.05) is 0 Å². The van der Waals surface area contributed by atoms with Crippen LogP contribution >= 0.6 is 11.3 Å². The van der Waals surface area contributed by atoms with Gasteiger partial charge in [-0.05, 0) is 19.8 Å². The first-order valence-electron chi connectivity index (χ1n) is 7.21. The molecule has 0 bridgehead atoms. The molecular formula is C16H14F3N3OS. The average Bonchev–Trinajstić information content (AvgIpc) is 2.83. The van der Waals surface area contributed by atoms with Crippen LogP contribution in [-0.2, 0) is 4.79 Å². The molecule has 1 aromatic carbocycles. The van der Waals surface area contributed by atoms with Crippen molar-refractivity contribution in [3.05, 3.63) is 34.5 Å². The van der Waals surface area contributed by atoms with E-state index in [1.807, 2.05) is 6.07 Å². The SMILES string of the molecule is Cc1sc(NC(=O)CCCCC#N)nc1-c1c(F)cc(F)cc1F. The summed E-state index contributed by atoms with van der Waals surface area (Å²) < 4.78 is 40.7. The van der Waals surface area contributed by atoms with Crippen LogP contribution in [0.5, 0.6) is 0 Å². The number of benzene rings is 1. The van der Waals surface area contributed by atoms with Crippen molar-refractivity contribution >= 4 is 22.4 Å². The second kappa shape index (κ2) is 7.93. The van der Waals surface area contributed by atoms with Crippen LogP contribution in [0.4, 0.5) is 18.3 Å². The highest BCUT2D eigenvalue weighted by Crippen LogP contribution is 2.34. The zero-order valence-corrected chi connectivity index (χ0v) is 13.6. The molecular weight excluding hydrogens is 339 g/mol. The Morgan fingerprint density at radius 3 is 2.58 bits per heavy atom. The number of anilines is 1.